The number of fused-ring (bicyclic) bond motifs is 1. The molecule has 5 rings (SSSR count). The number of carbonyl (C=O) groups excluding carboxylic acids is 2. The molecule has 0 fully saturated rings. The van der Waals surface area contributed by atoms with Crippen molar-refractivity contribution in [3.8, 4) is 0 Å². The van der Waals surface area contributed by atoms with E-state index in [-0.39, 0.29) is 11.8 Å². The fourth-order valence-corrected chi connectivity index (χ4v) is 4.90. The predicted molar refractivity (Wildman–Crippen MR) is 118 cm³/mol. The number of nitrogens with one attached hydrogen (secondary N) is 1. The smallest absolute Gasteiger partial charge is 0.272 e. The molecule has 2 aliphatic heterocycles. The lowest BCUT2D eigenvalue weighted by Gasteiger charge is -2.22. The van der Waals surface area contributed by atoms with Gasteiger partial charge >= 0.3 is 0 Å². The van der Waals surface area contributed by atoms with Gasteiger partial charge in [-0.1, -0.05) is 49.0 Å². The standard InChI is InChI=1S/C24H19N3O2S/c1-2-15-9-11-17(12-10-15)27-23(28)20-21(16-6-5-13-25-14-16)26-18-7-3-4-8-19(18)30-22(20)24(27)29/h3-14,21,26H,2H2,1H3/t21-/m1/s1. The van der Waals surface area contributed by atoms with Crippen LogP contribution in [-0.2, 0) is 16.0 Å². The zero-order chi connectivity index (χ0) is 20.7. The lowest BCUT2D eigenvalue weighted by molar-refractivity contribution is -0.120. The summed E-state index contributed by atoms with van der Waals surface area (Å²) in [5.41, 5.74) is 3.95. The number of para-hydroxylation sites is 1. The van der Waals surface area contributed by atoms with E-state index in [4.69, 9.17) is 0 Å². The molecule has 2 aliphatic rings. The van der Waals surface area contributed by atoms with E-state index in [1.807, 2.05) is 60.7 Å². The molecule has 3 heterocycles. The van der Waals surface area contributed by atoms with Gasteiger partial charge in [0.05, 0.1) is 22.2 Å². The first-order valence-electron chi connectivity index (χ1n) is 9.82. The van der Waals surface area contributed by atoms with Crippen LogP contribution in [0.1, 0.15) is 24.1 Å². The monoisotopic (exact) mass is 413 g/mol. The van der Waals surface area contributed by atoms with E-state index < -0.39 is 6.04 Å². The second kappa shape index (κ2) is 7.46. The summed E-state index contributed by atoms with van der Waals surface area (Å²) in [4.78, 5) is 33.9. The Labute approximate surface area is 178 Å². The Morgan fingerprint density at radius 1 is 1.00 bits per heavy atom. The second-order valence-electron chi connectivity index (χ2n) is 7.17. The van der Waals surface area contributed by atoms with Crippen LogP contribution in [0.15, 0.2) is 88.4 Å². The van der Waals surface area contributed by atoms with Crippen molar-refractivity contribution < 1.29 is 9.59 Å². The number of nitrogens with zero attached hydrogens (tertiary/aromatic N) is 2. The zero-order valence-corrected chi connectivity index (χ0v) is 17.1. The molecule has 148 valence electrons. The normalized spacial score (nSPS) is 18.0. The number of rotatable bonds is 3. The van der Waals surface area contributed by atoms with Gasteiger partial charge < -0.3 is 5.32 Å². The van der Waals surface area contributed by atoms with Crippen molar-refractivity contribution in [3.63, 3.8) is 0 Å². The van der Waals surface area contributed by atoms with E-state index in [1.54, 1.807) is 12.4 Å². The molecular weight excluding hydrogens is 394 g/mol. The van der Waals surface area contributed by atoms with E-state index in [0.717, 1.165) is 28.1 Å². The van der Waals surface area contributed by atoms with Crippen molar-refractivity contribution in [2.75, 3.05) is 10.2 Å². The quantitative estimate of drug-likeness (QED) is 0.629. The number of hydrogen-bond donors (Lipinski definition) is 1. The first kappa shape index (κ1) is 18.6. The van der Waals surface area contributed by atoms with Crippen molar-refractivity contribution in [3.05, 3.63) is 94.7 Å². The molecular formula is C24H19N3O2S. The molecule has 3 aromatic rings. The van der Waals surface area contributed by atoms with Crippen LogP contribution in [0.4, 0.5) is 11.4 Å². The zero-order valence-electron chi connectivity index (χ0n) is 16.3. The third kappa shape index (κ3) is 3.00. The number of amides is 2. The van der Waals surface area contributed by atoms with Gasteiger partial charge in [0.2, 0.25) is 0 Å². The molecule has 2 aromatic carbocycles. The van der Waals surface area contributed by atoms with Crippen LogP contribution >= 0.6 is 11.8 Å². The molecule has 5 nitrogen and oxygen atoms in total. The summed E-state index contributed by atoms with van der Waals surface area (Å²) in [5.74, 6) is -0.572. The number of pyridine rings is 1. The number of aromatic nitrogens is 1. The number of imide groups is 1. The topological polar surface area (TPSA) is 62.3 Å². The maximum absolute atomic E-state index is 13.6. The van der Waals surface area contributed by atoms with Crippen LogP contribution in [0.2, 0.25) is 0 Å². The molecule has 0 aliphatic carbocycles. The minimum absolute atomic E-state index is 0.281. The summed E-state index contributed by atoms with van der Waals surface area (Å²) < 4.78 is 0. The Hall–Kier alpha value is -3.38. The van der Waals surface area contributed by atoms with Crippen LogP contribution in [0.5, 0.6) is 0 Å². The Morgan fingerprint density at radius 2 is 1.80 bits per heavy atom. The first-order valence-corrected chi connectivity index (χ1v) is 10.6. The molecule has 0 unspecified atom stereocenters. The van der Waals surface area contributed by atoms with Gasteiger partial charge in [0, 0.05) is 23.0 Å². The van der Waals surface area contributed by atoms with Gasteiger partial charge in [0.25, 0.3) is 11.8 Å². The Balaban J connectivity index is 1.63. The maximum Gasteiger partial charge on any atom is 0.272 e. The Kier molecular flexibility index (Phi) is 4.64. The number of aryl methyl sites for hydroxylation is 1. The lowest BCUT2D eigenvalue weighted by atomic mass is 9.99. The summed E-state index contributed by atoms with van der Waals surface area (Å²) in [6, 6.07) is 18.7. The number of hydrogen-bond acceptors (Lipinski definition) is 5. The van der Waals surface area contributed by atoms with Crippen molar-refractivity contribution in [1.82, 2.24) is 4.98 Å². The molecule has 1 aromatic heterocycles. The Bertz CT molecular complexity index is 1170. The Morgan fingerprint density at radius 3 is 2.53 bits per heavy atom. The highest BCUT2D eigenvalue weighted by Crippen LogP contribution is 2.47. The van der Waals surface area contributed by atoms with Gasteiger partial charge in [-0.25, -0.2) is 4.90 Å². The van der Waals surface area contributed by atoms with E-state index in [0.29, 0.717) is 16.2 Å². The van der Waals surface area contributed by atoms with Crippen LogP contribution in [0, 0.1) is 0 Å². The van der Waals surface area contributed by atoms with Crippen LogP contribution in [0.3, 0.4) is 0 Å². The molecule has 0 spiro atoms. The largest absolute Gasteiger partial charge is 0.373 e. The molecule has 0 saturated carbocycles. The average Bonchev–Trinajstić information content (AvgIpc) is 2.93. The van der Waals surface area contributed by atoms with Crippen molar-refractivity contribution in [2.45, 2.75) is 24.3 Å². The lowest BCUT2D eigenvalue weighted by Crippen LogP contribution is -2.33. The fraction of sp³-hybridized carbons (Fsp3) is 0.125. The summed E-state index contributed by atoms with van der Waals surface area (Å²) in [5, 5.41) is 3.47. The summed E-state index contributed by atoms with van der Waals surface area (Å²) in [6.07, 6.45) is 4.33. The molecule has 0 saturated heterocycles. The third-order valence-electron chi connectivity index (χ3n) is 5.38. The summed E-state index contributed by atoms with van der Waals surface area (Å²) in [6.45, 7) is 2.07. The number of thioether (sulfide) groups is 1. The summed E-state index contributed by atoms with van der Waals surface area (Å²) in [7, 11) is 0. The minimum Gasteiger partial charge on any atom is -0.373 e. The van der Waals surface area contributed by atoms with E-state index >= 15 is 0 Å². The highest BCUT2D eigenvalue weighted by molar-refractivity contribution is 8.04. The maximum atomic E-state index is 13.6. The van der Waals surface area contributed by atoms with Gasteiger partial charge in [-0.05, 0) is 47.9 Å². The van der Waals surface area contributed by atoms with Gasteiger partial charge in [-0.2, -0.15) is 0 Å². The van der Waals surface area contributed by atoms with Crippen LogP contribution < -0.4 is 10.2 Å². The van der Waals surface area contributed by atoms with Gasteiger partial charge in [-0.15, -0.1) is 0 Å². The highest BCUT2D eigenvalue weighted by atomic mass is 32.2. The second-order valence-corrected chi connectivity index (χ2v) is 8.22. The molecule has 30 heavy (non-hydrogen) atoms. The molecule has 1 atom stereocenters. The van der Waals surface area contributed by atoms with Crippen LogP contribution in [-0.4, -0.2) is 16.8 Å². The summed E-state index contributed by atoms with van der Waals surface area (Å²) >= 11 is 1.35. The van der Waals surface area contributed by atoms with E-state index in [2.05, 4.69) is 17.2 Å². The first-order chi connectivity index (χ1) is 14.7. The van der Waals surface area contributed by atoms with Crippen LogP contribution in [0.25, 0.3) is 0 Å². The van der Waals surface area contributed by atoms with E-state index in [1.165, 1.54) is 16.7 Å². The van der Waals surface area contributed by atoms with Crippen molar-refractivity contribution in [1.29, 1.82) is 0 Å². The number of benzene rings is 2. The molecule has 0 bridgehead atoms. The molecule has 1 N–H and O–H groups in total. The van der Waals surface area contributed by atoms with Crippen molar-refractivity contribution >= 4 is 35.0 Å². The van der Waals surface area contributed by atoms with Gasteiger partial charge in [0.15, 0.2) is 0 Å². The number of anilines is 2. The molecule has 2 amide bonds. The van der Waals surface area contributed by atoms with E-state index in [9.17, 15) is 9.59 Å². The SMILES string of the molecule is CCc1ccc(N2C(=O)C3=C(C2=O)[C@@H](c2cccnc2)Nc2ccccc2S3)cc1. The third-order valence-corrected chi connectivity index (χ3v) is 6.56. The van der Waals surface area contributed by atoms with Gasteiger partial charge in [-0.3, -0.25) is 14.6 Å². The fourth-order valence-electron chi connectivity index (χ4n) is 3.80. The van der Waals surface area contributed by atoms with Gasteiger partial charge in [0.1, 0.15) is 0 Å². The number of carbonyl (C=O) groups is 2. The highest BCUT2D eigenvalue weighted by Gasteiger charge is 2.45. The molecule has 6 heteroatoms. The predicted octanol–water partition coefficient (Wildman–Crippen LogP) is 4.73. The minimum atomic E-state index is -0.457. The molecule has 0 radical (unpaired) electrons. The average molecular weight is 414 g/mol. The van der Waals surface area contributed by atoms with Crippen molar-refractivity contribution in [2.24, 2.45) is 0 Å².